The molecular formula is C22H23N5OS2. The highest BCUT2D eigenvalue weighted by molar-refractivity contribution is 8.00. The van der Waals surface area contributed by atoms with Gasteiger partial charge in [0.25, 0.3) is 0 Å². The summed E-state index contributed by atoms with van der Waals surface area (Å²) in [5.41, 5.74) is 3.08. The van der Waals surface area contributed by atoms with Gasteiger partial charge in [-0.1, -0.05) is 23.9 Å². The Bertz CT molecular complexity index is 1100. The zero-order chi connectivity index (χ0) is 21.1. The van der Waals surface area contributed by atoms with Crippen LogP contribution in [-0.2, 0) is 11.3 Å². The summed E-state index contributed by atoms with van der Waals surface area (Å²) in [6.45, 7) is 8.23. The molecule has 1 aliphatic rings. The summed E-state index contributed by atoms with van der Waals surface area (Å²) >= 11 is 3.19. The lowest BCUT2D eigenvalue weighted by Crippen LogP contribution is -2.48. The van der Waals surface area contributed by atoms with E-state index < -0.39 is 0 Å². The standard InChI is InChI=1S/C22H23N5OS2/c1-15-16(2)30-22-20(15)21(24-14-25-22)29-13-19(28)27-9-7-26(8-10-27)12-18-5-3-17(11-23)4-6-18/h3-6,14H,7-10,12-13H2,1-2H3. The molecule has 1 amide bonds. The number of fused-ring (bicyclic) bond motifs is 1. The lowest BCUT2D eigenvalue weighted by atomic mass is 10.1. The quantitative estimate of drug-likeness (QED) is 0.448. The van der Waals surface area contributed by atoms with Crippen molar-refractivity contribution >= 4 is 39.2 Å². The van der Waals surface area contributed by atoms with Gasteiger partial charge in [-0.05, 0) is 37.1 Å². The fourth-order valence-electron chi connectivity index (χ4n) is 3.58. The molecule has 0 atom stereocenters. The molecule has 154 valence electrons. The second-order valence-corrected chi connectivity index (χ2v) is 9.56. The van der Waals surface area contributed by atoms with Gasteiger partial charge in [0.15, 0.2) is 0 Å². The van der Waals surface area contributed by atoms with Crippen molar-refractivity contribution in [2.45, 2.75) is 25.4 Å². The first-order chi connectivity index (χ1) is 14.5. The van der Waals surface area contributed by atoms with Crippen LogP contribution in [0.15, 0.2) is 35.6 Å². The lowest BCUT2D eigenvalue weighted by molar-refractivity contribution is -0.130. The molecule has 3 heterocycles. The molecule has 6 nitrogen and oxygen atoms in total. The Labute approximate surface area is 184 Å². The van der Waals surface area contributed by atoms with E-state index in [1.165, 1.54) is 27.8 Å². The fourth-order valence-corrected chi connectivity index (χ4v) is 5.60. The maximum atomic E-state index is 12.7. The summed E-state index contributed by atoms with van der Waals surface area (Å²) < 4.78 is 0. The Morgan fingerprint density at radius 1 is 1.17 bits per heavy atom. The minimum atomic E-state index is 0.161. The second-order valence-electron chi connectivity index (χ2n) is 7.40. The number of carbonyl (C=O) groups excluding carboxylic acids is 1. The Hall–Kier alpha value is -2.47. The molecule has 30 heavy (non-hydrogen) atoms. The van der Waals surface area contributed by atoms with E-state index in [1.54, 1.807) is 17.7 Å². The van der Waals surface area contributed by atoms with Crippen LogP contribution in [0.3, 0.4) is 0 Å². The highest BCUT2D eigenvalue weighted by Crippen LogP contribution is 2.34. The van der Waals surface area contributed by atoms with Crippen LogP contribution in [0.1, 0.15) is 21.6 Å². The maximum Gasteiger partial charge on any atom is 0.233 e. The Morgan fingerprint density at radius 3 is 2.60 bits per heavy atom. The van der Waals surface area contributed by atoms with Crippen LogP contribution >= 0.6 is 23.1 Å². The van der Waals surface area contributed by atoms with E-state index in [9.17, 15) is 4.79 Å². The molecule has 0 aliphatic carbocycles. The Morgan fingerprint density at radius 2 is 1.90 bits per heavy atom. The summed E-state index contributed by atoms with van der Waals surface area (Å²) in [4.78, 5) is 28.1. The summed E-state index contributed by atoms with van der Waals surface area (Å²) in [6.07, 6.45) is 1.59. The fraction of sp³-hybridized carbons (Fsp3) is 0.364. The van der Waals surface area contributed by atoms with Gasteiger partial charge in [-0.15, -0.1) is 11.3 Å². The van der Waals surface area contributed by atoms with Crippen LogP contribution in [0, 0.1) is 25.2 Å². The first-order valence-corrected chi connectivity index (χ1v) is 11.7. The van der Waals surface area contributed by atoms with Gasteiger partial charge in [0.1, 0.15) is 16.2 Å². The van der Waals surface area contributed by atoms with Gasteiger partial charge in [0, 0.05) is 43.0 Å². The number of thioether (sulfide) groups is 1. The molecule has 8 heteroatoms. The second kappa shape index (κ2) is 9.13. The average molecular weight is 438 g/mol. The summed E-state index contributed by atoms with van der Waals surface area (Å²) in [5.74, 6) is 0.560. The number of rotatable bonds is 5. The number of thiophene rings is 1. The van der Waals surface area contributed by atoms with Gasteiger partial charge < -0.3 is 4.90 Å². The Balaban J connectivity index is 1.30. The van der Waals surface area contributed by atoms with Crippen LogP contribution in [-0.4, -0.2) is 57.6 Å². The number of nitrogens with zero attached hydrogens (tertiary/aromatic N) is 5. The predicted octanol–water partition coefficient (Wildman–Crippen LogP) is 3.62. The number of nitriles is 1. The van der Waals surface area contributed by atoms with Crippen molar-refractivity contribution in [3.8, 4) is 6.07 Å². The third kappa shape index (κ3) is 4.48. The first-order valence-electron chi connectivity index (χ1n) is 9.88. The van der Waals surface area contributed by atoms with E-state index in [4.69, 9.17) is 5.26 Å². The summed E-state index contributed by atoms with van der Waals surface area (Å²) in [7, 11) is 0. The van der Waals surface area contributed by atoms with Crippen molar-refractivity contribution in [2.75, 3.05) is 31.9 Å². The number of aromatic nitrogens is 2. The molecule has 1 aromatic carbocycles. The largest absolute Gasteiger partial charge is 0.339 e. The van der Waals surface area contributed by atoms with E-state index in [0.717, 1.165) is 48.0 Å². The van der Waals surface area contributed by atoms with Gasteiger partial charge in [0.2, 0.25) is 5.91 Å². The zero-order valence-electron chi connectivity index (χ0n) is 17.1. The van der Waals surface area contributed by atoms with Crippen LogP contribution < -0.4 is 0 Å². The van der Waals surface area contributed by atoms with Gasteiger partial charge in [0.05, 0.1) is 17.4 Å². The van der Waals surface area contributed by atoms with Gasteiger partial charge in [-0.2, -0.15) is 5.26 Å². The number of amides is 1. The molecular weight excluding hydrogens is 414 g/mol. The van der Waals surface area contributed by atoms with E-state index >= 15 is 0 Å². The molecule has 4 rings (SSSR count). The molecule has 2 aromatic heterocycles. The molecule has 1 fully saturated rings. The molecule has 1 saturated heterocycles. The zero-order valence-corrected chi connectivity index (χ0v) is 18.7. The third-order valence-electron chi connectivity index (χ3n) is 5.48. The minimum Gasteiger partial charge on any atom is -0.339 e. The smallest absolute Gasteiger partial charge is 0.233 e. The average Bonchev–Trinajstić information content (AvgIpc) is 3.07. The number of carbonyl (C=O) groups is 1. The van der Waals surface area contributed by atoms with Crippen molar-refractivity contribution < 1.29 is 4.79 Å². The molecule has 0 saturated carbocycles. The summed E-state index contributed by atoms with van der Waals surface area (Å²) in [5, 5.41) is 10.9. The van der Waals surface area contributed by atoms with Crippen molar-refractivity contribution in [3.63, 3.8) is 0 Å². The molecule has 0 unspecified atom stereocenters. The Kier molecular flexibility index (Phi) is 6.32. The first kappa shape index (κ1) is 20.8. The molecule has 3 aromatic rings. The van der Waals surface area contributed by atoms with E-state index in [2.05, 4.69) is 34.8 Å². The van der Waals surface area contributed by atoms with Crippen LogP contribution in [0.5, 0.6) is 0 Å². The number of benzene rings is 1. The maximum absolute atomic E-state index is 12.7. The van der Waals surface area contributed by atoms with E-state index in [-0.39, 0.29) is 5.91 Å². The minimum absolute atomic E-state index is 0.161. The van der Waals surface area contributed by atoms with Crippen LogP contribution in [0.2, 0.25) is 0 Å². The highest BCUT2D eigenvalue weighted by atomic mass is 32.2. The van der Waals surface area contributed by atoms with Crippen molar-refractivity contribution in [3.05, 3.63) is 52.2 Å². The monoisotopic (exact) mass is 437 g/mol. The van der Waals surface area contributed by atoms with Crippen LogP contribution in [0.4, 0.5) is 0 Å². The van der Waals surface area contributed by atoms with Crippen molar-refractivity contribution in [1.29, 1.82) is 5.26 Å². The molecule has 0 spiro atoms. The predicted molar refractivity (Wildman–Crippen MR) is 121 cm³/mol. The van der Waals surface area contributed by atoms with E-state index in [1.807, 2.05) is 29.2 Å². The molecule has 0 radical (unpaired) electrons. The molecule has 0 N–H and O–H groups in total. The topological polar surface area (TPSA) is 73.1 Å². The van der Waals surface area contributed by atoms with E-state index in [0.29, 0.717) is 11.3 Å². The molecule has 0 bridgehead atoms. The number of piperazine rings is 1. The van der Waals surface area contributed by atoms with Gasteiger partial charge >= 0.3 is 0 Å². The lowest BCUT2D eigenvalue weighted by Gasteiger charge is -2.34. The number of hydrogen-bond donors (Lipinski definition) is 0. The van der Waals surface area contributed by atoms with Crippen molar-refractivity contribution in [1.82, 2.24) is 19.8 Å². The number of aryl methyl sites for hydroxylation is 2. The highest BCUT2D eigenvalue weighted by Gasteiger charge is 2.22. The van der Waals surface area contributed by atoms with Crippen LogP contribution in [0.25, 0.3) is 10.2 Å². The normalized spacial score (nSPS) is 14.8. The summed E-state index contributed by atoms with van der Waals surface area (Å²) in [6, 6.07) is 9.86. The van der Waals surface area contributed by atoms with Gasteiger partial charge in [-0.3, -0.25) is 9.69 Å². The van der Waals surface area contributed by atoms with Gasteiger partial charge in [-0.25, -0.2) is 9.97 Å². The van der Waals surface area contributed by atoms with Crippen molar-refractivity contribution in [2.24, 2.45) is 0 Å². The SMILES string of the molecule is Cc1sc2ncnc(SCC(=O)N3CCN(Cc4ccc(C#N)cc4)CC3)c2c1C. The molecule has 1 aliphatic heterocycles. The third-order valence-corrected chi connectivity index (χ3v) is 7.57. The number of hydrogen-bond acceptors (Lipinski definition) is 7.